The number of benzene rings is 2. The number of azo groups is 1. The molecule has 1 amide bonds. The topological polar surface area (TPSA) is 138 Å². The van der Waals surface area contributed by atoms with Gasteiger partial charge in [-0.05, 0) is 36.4 Å². The minimum absolute atomic E-state index is 0.00663. The molecule has 0 aliphatic carbocycles. The van der Waals surface area contributed by atoms with Gasteiger partial charge in [0.1, 0.15) is 0 Å². The van der Waals surface area contributed by atoms with E-state index < -0.39 is 22.1 Å². The lowest BCUT2D eigenvalue weighted by atomic mass is 10.2. The lowest BCUT2D eigenvalue weighted by Crippen LogP contribution is -2.33. The van der Waals surface area contributed by atoms with Crippen LogP contribution in [-0.4, -0.2) is 30.8 Å². The molecule has 0 aromatic heterocycles. The fourth-order valence-electron chi connectivity index (χ4n) is 2.13. The van der Waals surface area contributed by atoms with Crippen molar-refractivity contribution in [3.8, 4) is 0 Å². The molecule has 1 atom stereocenters. The highest BCUT2D eigenvalue weighted by atomic mass is 32.2. The molecule has 1 aliphatic rings. The van der Waals surface area contributed by atoms with Crippen LogP contribution < -0.4 is 10.7 Å². The van der Waals surface area contributed by atoms with Gasteiger partial charge in [0.15, 0.2) is 5.84 Å². The van der Waals surface area contributed by atoms with Gasteiger partial charge in [0.25, 0.3) is 16.0 Å². The highest BCUT2D eigenvalue weighted by molar-refractivity contribution is 7.85. The first-order valence-corrected chi connectivity index (χ1v) is 8.51. The van der Waals surface area contributed by atoms with Gasteiger partial charge in [0.2, 0.25) is 6.04 Å². The van der Waals surface area contributed by atoms with E-state index in [0.29, 0.717) is 11.4 Å². The Hall–Kier alpha value is -3.11. The van der Waals surface area contributed by atoms with Crippen molar-refractivity contribution in [1.82, 2.24) is 0 Å². The fourth-order valence-corrected chi connectivity index (χ4v) is 2.61. The van der Waals surface area contributed by atoms with Crippen molar-refractivity contribution in [1.29, 1.82) is 0 Å². The first kappa shape index (κ1) is 16.7. The highest BCUT2D eigenvalue weighted by Crippen LogP contribution is 2.22. The van der Waals surface area contributed by atoms with Crippen molar-refractivity contribution >= 4 is 33.2 Å². The number of hydrazone groups is 1. The summed E-state index contributed by atoms with van der Waals surface area (Å²) < 4.78 is 30.9. The van der Waals surface area contributed by atoms with Crippen LogP contribution in [0.3, 0.4) is 0 Å². The zero-order chi connectivity index (χ0) is 18.0. The number of rotatable bonds is 4. The van der Waals surface area contributed by atoms with Gasteiger partial charge in [0.05, 0.1) is 16.3 Å². The molecule has 0 radical (unpaired) electrons. The Morgan fingerprint density at radius 1 is 1.08 bits per heavy atom. The van der Waals surface area contributed by atoms with E-state index in [-0.39, 0.29) is 10.7 Å². The van der Waals surface area contributed by atoms with E-state index in [1.165, 1.54) is 24.3 Å². The summed E-state index contributed by atoms with van der Waals surface area (Å²) in [6, 6.07) is 12.7. The second-order valence-corrected chi connectivity index (χ2v) is 6.52. The SMILES string of the molecule is NC1=NN(c2ccccc2)C(=O)C1N=Nc1ccc(S(=O)(=O)O)cc1. The zero-order valence-electron chi connectivity index (χ0n) is 12.7. The molecule has 3 N–H and O–H groups in total. The molecule has 3 rings (SSSR count). The Morgan fingerprint density at radius 2 is 1.72 bits per heavy atom. The van der Waals surface area contributed by atoms with Gasteiger partial charge in [-0.25, -0.2) is 0 Å². The largest absolute Gasteiger partial charge is 0.383 e. The predicted octanol–water partition coefficient (Wildman–Crippen LogP) is 1.70. The number of nitrogens with two attached hydrogens (primary N) is 1. The second kappa shape index (κ2) is 6.42. The van der Waals surface area contributed by atoms with E-state index in [1.54, 1.807) is 24.3 Å². The van der Waals surface area contributed by atoms with Crippen molar-refractivity contribution in [2.24, 2.45) is 21.1 Å². The average molecular weight is 359 g/mol. The molecule has 0 saturated carbocycles. The molecule has 1 unspecified atom stereocenters. The second-order valence-electron chi connectivity index (χ2n) is 5.10. The van der Waals surface area contributed by atoms with Crippen LogP contribution in [0.2, 0.25) is 0 Å². The average Bonchev–Trinajstić information content (AvgIpc) is 2.88. The van der Waals surface area contributed by atoms with Gasteiger partial charge in [-0.1, -0.05) is 18.2 Å². The number of anilines is 1. The smallest absolute Gasteiger partial charge is 0.294 e. The minimum Gasteiger partial charge on any atom is -0.383 e. The van der Waals surface area contributed by atoms with Gasteiger partial charge < -0.3 is 5.73 Å². The minimum atomic E-state index is -4.28. The molecule has 0 fully saturated rings. The van der Waals surface area contributed by atoms with Crippen LogP contribution in [0, 0.1) is 0 Å². The molecule has 0 saturated heterocycles. The lowest BCUT2D eigenvalue weighted by molar-refractivity contribution is -0.117. The monoisotopic (exact) mass is 359 g/mol. The number of hydrogen-bond donors (Lipinski definition) is 2. The van der Waals surface area contributed by atoms with Crippen LogP contribution in [0.4, 0.5) is 11.4 Å². The molecule has 0 bridgehead atoms. The Morgan fingerprint density at radius 3 is 2.32 bits per heavy atom. The molecular formula is C15H13N5O4S. The Labute approximate surface area is 143 Å². The number of para-hydroxylation sites is 1. The Bertz CT molecular complexity index is 955. The first-order chi connectivity index (χ1) is 11.9. The standard InChI is InChI=1S/C15H13N5O4S/c16-14-13(15(21)20(19-14)11-4-2-1-3-5-11)18-17-10-6-8-12(9-7-10)25(22,23)24/h1-9,13H,(H2,16,19)(H,22,23,24). The number of carbonyl (C=O) groups excluding carboxylic acids is 1. The number of amidine groups is 1. The van der Waals surface area contributed by atoms with E-state index in [4.69, 9.17) is 10.3 Å². The summed E-state index contributed by atoms with van der Waals surface area (Å²) in [7, 11) is -4.28. The lowest BCUT2D eigenvalue weighted by Gasteiger charge is -2.11. The molecule has 25 heavy (non-hydrogen) atoms. The molecule has 2 aromatic carbocycles. The summed E-state index contributed by atoms with van der Waals surface area (Å²) in [5.74, 6) is -0.436. The van der Waals surface area contributed by atoms with E-state index in [1.807, 2.05) is 6.07 Å². The fraction of sp³-hybridized carbons (Fsp3) is 0.0667. The Balaban J connectivity index is 1.78. The summed E-state index contributed by atoms with van der Waals surface area (Å²) in [5.41, 5.74) is 6.62. The maximum atomic E-state index is 12.4. The summed E-state index contributed by atoms with van der Waals surface area (Å²) in [4.78, 5) is 12.1. The quantitative estimate of drug-likeness (QED) is 0.632. The van der Waals surface area contributed by atoms with E-state index in [9.17, 15) is 13.2 Å². The summed E-state index contributed by atoms with van der Waals surface area (Å²) in [6.07, 6.45) is 0. The molecule has 0 spiro atoms. The summed E-state index contributed by atoms with van der Waals surface area (Å²) in [5, 5.41) is 12.9. The normalized spacial score (nSPS) is 18.0. The molecule has 1 heterocycles. The third-order valence-electron chi connectivity index (χ3n) is 3.36. The van der Waals surface area contributed by atoms with Gasteiger partial charge in [-0.2, -0.15) is 23.7 Å². The number of hydrogen-bond acceptors (Lipinski definition) is 7. The van der Waals surface area contributed by atoms with Gasteiger partial charge >= 0.3 is 0 Å². The summed E-state index contributed by atoms with van der Waals surface area (Å²) >= 11 is 0. The number of amides is 1. The zero-order valence-corrected chi connectivity index (χ0v) is 13.5. The van der Waals surface area contributed by atoms with E-state index >= 15 is 0 Å². The molecule has 10 heteroatoms. The molecule has 9 nitrogen and oxygen atoms in total. The third kappa shape index (κ3) is 3.54. The number of carbonyl (C=O) groups is 1. The maximum absolute atomic E-state index is 12.4. The van der Waals surface area contributed by atoms with Crippen LogP contribution >= 0.6 is 0 Å². The van der Waals surface area contributed by atoms with Crippen LogP contribution in [0.5, 0.6) is 0 Å². The summed E-state index contributed by atoms with van der Waals surface area (Å²) in [6.45, 7) is 0. The van der Waals surface area contributed by atoms with Gasteiger partial charge in [-0.15, -0.1) is 5.10 Å². The van der Waals surface area contributed by atoms with Crippen molar-refractivity contribution in [2.75, 3.05) is 5.01 Å². The van der Waals surface area contributed by atoms with Crippen molar-refractivity contribution in [2.45, 2.75) is 10.9 Å². The highest BCUT2D eigenvalue weighted by Gasteiger charge is 2.35. The molecule has 128 valence electrons. The van der Waals surface area contributed by atoms with Crippen molar-refractivity contribution in [3.05, 3.63) is 54.6 Å². The molecular weight excluding hydrogens is 346 g/mol. The number of nitrogens with zero attached hydrogens (tertiary/aromatic N) is 4. The van der Waals surface area contributed by atoms with E-state index in [0.717, 1.165) is 5.01 Å². The molecule has 1 aliphatic heterocycles. The van der Waals surface area contributed by atoms with Crippen LogP contribution in [0.25, 0.3) is 0 Å². The Kier molecular flexibility index (Phi) is 4.30. The van der Waals surface area contributed by atoms with Crippen LogP contribution in [-0.2, 0) is 14.9 Å². The van der Waals surface area contributed by atoms with Gasteiger partial charge in [-0.3, -0.25) is 9.35 Å². The third-order valence-corrected chi connectivity index (χ3v) is 4.23. The van der Waals surface area contributed by atoms with Crippen LogP contribution in [0.1, 0.15) is 0 Å². The van der Waals surface area contributed by atoms with E-state index in [2.05, 4.69) is 15.3 Å². The van der Waals surface area contributed by atoms with Crippen molar-refractivity contribution in [3.63, 3.8) is 0 Å². The maximum Gasteiger partial charge on any atom is 0.294 e. The van der Waals surface area contributed by atoms with Gasteiger partial charge in [0, 0.05) is 0 Å². The predicted molar refractivity (Wildman–Crippen MR) is 90.1 cm³/mol. The van der Waals surface area contributed by atoms with Crippen molar-refractivity contribution < 1.29 is 17.8 Å². The molecule has 2 aromatic rings. The first-order valence-electron chi connectivity index (χ1n) is 7.07. The van der Waals surface area contributed by atoms with Crippen LogP contribution in [0.15, 0.2) is 74.8 Å².